The van der Waals surface area contributed by atoms with E-state index in [9.17, 15) is 0 Å². The fourth-order valence-corrected chi connectivity index (χ4v) is 2.29. The van der Waals surface area contributed by atoms with Crippen LogP contribution in [0, 0.1) is 0 Å². The predicted octanol–water partition coefficient (Wildman–Crippen LogP) is 3.38. The molecule has 2 rings (SSSR count). The van der Waals surface area contributed by atoms with Crippen LogP contribution in [0.2, 0.25) is 0 Å². The molecular formula is C14H21NO2. The van der Waals surface area contributed by atoms with Crippen molar-refractivity contribution in [2.75, 3.05) is 12.3 Å². The Morgan fingerprint density at radius 1 is 1.12 bits per heavy atom. The summed E-state index contributed by atoms with van der Waals surface area (Å²) in [5.41, 5.74) is 6.53. The average molecular weight is 235 g/mol. The van der Waals surface area contributed by atoms with Crippen molar-refractivity contribution >= 4 is 5.69 Å². The third-order valence-electron chi connectivity index (χ3n) is 3.07. The zero-order valence-corrected chi connectivity index (χ0v) is 10.4. The van der Waals surface area contributed by atoms with Gasteiger partial charge in [0.25, 0.3) is 0 Å². The molecule has 1 aliphatic carbocycles. The molecule has 1 aliphatic rings. The highest BCUT2D eigenvalue weighted by Gasteiger charge is 2.15. The molecule has 3 heteroatoms. The second kappa shape index (κ2) is 5.80. The molecule has 3 nitrogen and oxygen atoms in total. The molecule has 0 atom stereocenters. The van der Waals surface area contributed by atoms with Gasteiger partial charge in [0.05, 0.1) is 12.7 Å². The Morgan fingerprint density at radius 2 is 1.82 bits per heavy atom. The molecule has 0 unspecified atom stereocenters. The van der Waals surface area contributed by atoms with E-state index >= 15 is 0 Å². The zero-order chi connectivity index (χ0) is 12.1. The van der Waals surface area contributed by atoms with E-state index in [1.807, 2.05) is 25.1 Å². The van der Waals surface area contributed by atoms with E-state index in [4.69, 9.17) is 15.2 Å². The van der Waals surface area contributed by atoms with E-state index < -0.39 is 0 Å². The van der Waals surface area contributed by atoms with Gasteiger partial charge in [0.1, 0.15) is 11.5 Å². The fourth-order valence-electron chi connectivity index (χ4n) is 2.29. The number of anilines is 1. The summed E-state index contributed by atoms with van der Waals surface area (Å²) < 4.78 is 11.4. The van der Waals surface area contributed by atoms with Crippen LogP contribution in [0.3, 0.4) is 0 Å². The topological polar surface area (TPSA) is 44.5 Å². The van der Waals surface area contributed by atoms with Gasteiger partial charge in [-0.1, -0.05) is 6.42 Å². The van der Waals surface area contributed by atoms with Crippen molar-refractivity contribution in [2.24, 2.45) is 0 Å². The molecule has 0 radical (unpaired) electrons. The molecule has 1 aromatic carbocycles. The normalized spacial score (nSPS) is 16.8. The molecule has 0 bridgehead atoms. The minimum Gasteiger partial charge on any atom is -0.494 e. The van der Waals surface area contributed by atoms with E-state index in [0.29, 0.717) is 18.4 Å². The first-order valence-electron chi connectivity index (χ1n) is 6.48. The summed E-state index contributed by atoms with van der Waals surface area (Å²) in [6, 6.07) is 5.63. The molecular weight excluding hydrogens is 214 g/mol. The highest BCUT2D eigenvalue weighted by molar-refractivity contribution is 5.50. The second-order valence-electron chi connectivity index (χ2n) is 4.55. The summed E-state index contributed by atoms with van der Waals surface area (Å²) >= 11 is 0. The van der Waals surface area contributed by atoms with Crippen LogP contribution in [0.5, 0.6) is 11.5 Å². The number of rotatable bonds is 4. The van der Waals surface area contributed by atoms with Crippen molar-refractivity contribution in [3.63, 3.8) is 0 Å². The number of nitrogen functional groups attached to an aromatic ring is 1. The molecule has 94 valence electrons. The van der Waals surface area contributed by atoms with Crippen LogP contribution in [0.15, 0.2) is 18.2 Å². The third-order valence-corrected chi connectivity index (χ3v) is 3.07. The molecule has 1 aromatic rings. The monoisotopic (exact) mass is 235 g/mol. The van der Waals surface area contributed by atoms with Gasteiger partial charge in [-0.15, -0.1) is 0 Å². The average Bonchev–Trinajstić information content (AvgIpc) is 2.30. The first kappa shape index (κ1) is 12.1. The van der Waals surface area contributed by atoms with Crippen LogP contribution < -0.4 is 15.2 Å². The summed E-state index contributed by atoms with van der Waals surface area (Å²) in [4.78, 5) is 0. The van der Waals surface area contributed by atoms with E-state index in [2.05, 4.69) is 0 Å². The van der Waals surface area contributed by atoms with Gasteiger partial charge in [-0.2, -0.15) is 0 Å². The van der Waals surface area contributed by atoms with Crippen molar-refractivity contribution < 1.29 is 9.47 Å². The maximum atomic E-state index is 5.96. The Kier molecular flexibility index (Phi) is 4.13. The Labute approximate surface area is 103 Å². The highest BCUT2D eigenvalue weighted by Crippen LogP contribution is 2.28. The lowest BCUT2D eigenvalue weighted by molar-refractivity contribution is 0.154. The van der Waals surface area contributed by atoms with Crippen LogP contribution in [0.25, 0.3) is 0 Å². The van der Waals surface area contributed by atoms with E-state index in [-0.39, 0.29) is 0 Å². The lowest BCUT2D eigenvalue weighted by Gasteiger charge is -2.23. The van der Waals surface area contributed by atoms with Crippen molar-refractivity contribution in [1.29, 1.82) is 0 Å². The van der Waals surface area contributed by atoms with Gasteiger partial charge in [-0.3, -0.25) is 0 Å². The number of hydrogen-bond acceptors (Lipinski definition) is 3. The first-order valence-corrected chi connectivity index (χ1v) is 6.48. The minimum absolute atomic E-state index is 0.347. The quantitative estimate of drug-likeness (QED) is 0.814. The maximum absolute atomic E-state index is 5.96. The van der Waals surface area contributed by atoms with Crippen LogP contribution in [0.1, 0.15) is 39.0 Å². The van der Waals surface area contributed by atoms with Crippen molar-refractivity contribution in [3.8, 4) is 11.5 Å². The Balaban J connectivity index is 2.03. The maximum Gasteiger partial charge on any atom is 0.125 e. The predicted molar refractivity (Wildman–Crippen MR) is 69.5 cm³/mol. The highest BCUT2D eigenvalue weighted by atomic mass is 16.5. The second-order valence-corrected chi connectivity index (χ2v) is 4.55. The fraction of sp³-hybridized carbons (Fsp3) is 0.571. The zero-order valence-electron chi connectivity index (χ0n) is 10.4. The Bertz CT molecular complexity index is 359. The summed E-state index contributed by atoms with van der Waals surface area (Å²) in [6.45, 7) is 2.61. The van der Waals surface area contributed by atoms with Crippen LogP contribution in [0.4, 0.5) is 5.69 Å². The standard InChI is InChI=1S/C14H21NO2/c1-2-16-13-8-11(15)9-14(10-13)17-12-6-4-3-5-7-12/h8-10,12H,2-7,15H2,1H3. The molecule has 0 aromatic heterocycles. The largest absolute Gasteiger partial charge is 0.494 e. The van der Waals surface area contributed by atoms with Gasteiger partial charge in [0.2, 0.25) is 0 Å². The molecule has 2 N–H and O–H groups in total. The SMILES string of the molecule is CCOc1cc(N)cc(OC2CCCCC2)c1. The molecule has 1 saturated carbocycles. The van der Waals surface area contributed by atoms with Gasteiger partial charge in [0.15, 0.2) is 0 Å². The molecule has 0 amide bonds. The molecule has 1 fully saturated rings. The number of nitrogens with two attached hydrogens (primary N) is 1. The smallest absolute Gasteiger partial charge is 0.125 e. The Hall–Kier alpha value is -1.38. The molecule has 0 aliphatic heterocycles. The number of benzene rings is 1. The van der Waals surface area contributed by atoms with Crippen LogP contribution >= 0.6 is 0 Å². The van der Waals surface area contributed by atoms with E-state index in [1.54, 1.807) is 0 Å². The summed E-state index contributed by atoms with van der Waals surface area (Å²) in [5, 5.41) is 0. The van der Waals surface area contributed by atoms with E-state index in [1.165, 1.54) is 19.3 Å². The molecule has 0 heterocycles. The van der Waals surface area contributed by atoms with Crippen LogP contribution in [-0.4, -0.2) is 12.7 Å². The van der Waals surface area contributed by atoms with Crippen molar-refractivity contribution in [2.45, 2.75) is 45.1 Å². The molecule has 17 heavy (non-hydrogen) atoms. The van der Waals surface area contributed by atoms with Crippen molar-refractivity contribution in [1.82, 2.24) is 0 Å². The van der Waals surface area contributed by atoms with Crippen LogP contribution in [-0.2, 0) is 0 Å². The molecule has 0 saturated heterocycles. The van der Waals surface area contributed by atoms with Gasteiger partial charge < -0.3 is 15.2 Å². The summed E-state index contributed by atoms with van der Waals surface area (Å²) in [7, 11) is 0. The van der Waals surface area contributed by atoms with Gasteiger partial charge in [-0.05, 0) is 32.6 Å². The Morgan fingerprint density at radius 3 is 2.53 bits per heavy atom. The molecule has 0 spiro atoms. The van der Waals surface area contributed by atoms with Gasteiger partial charge in [-0.25, -0.2) is 0 Å². The number of hydrogen-bond donors (Lipinski definition) is 1. The first-order chi connectivity index (χ1) is 8.28. The van der Waals surface area contributed by atoms with Crippen molar-refractivity contribution in [3.05, 3.63) is 18.2 Å². The van der Waals surface area contributed by atoms with E-state index in [0.717, 1.165) is 24.3 Å². The van der Waals surface area contributed by atoms with Gasteiger partial charge in [0, 0.05) is 23.9 Å². The lowest BCUT2D eigenvalue weighted by atomic mass is 9.98. The summed E-state index contributed by atoms with van der Waals surface area (Å²) in [5.74, 6) is 1.62. The third kappa shape index (κ3) is 3.55. The lowest BCUT2D eigenvalue weighted by Crippen LogP contribution is -2.19. The number of ether oxygens (including phenoxy) is 2. The van der Waals surface area contributed by atoms with Gasteiger partial charge >= 0.3 is 0 Å². The summed E-state index contributed by atoms with van der Waals surface area (Å²) in [6.07, 6.45) is 6.52. The minimum atomic E-state index is 0.347.